The third kappa shape index (κ3) is 2.29. The number of carbonyl (C=O) groups is 1. The number of nitrogens with zero attached hydrogens (tertiary/aromatic N) is 1. The quantitative estimate of drug-likeness (QED) is 0.860. The van der Waals surface area contributed by atoms with Gasteiger partial charge in [0.05, 0.1) is 25.0 Å². The van der Waals surface area contributed by atoms with E-state index < -0.39 is 0 Å². The number of carbonyl (C=O) groups excluding carboxylic acids is 1. The predicted octanol–water partition coefficient (Wildman–Crippen LogP) is 3.27. The molecule has 1 amide bonds. The number of furan rings is 1. The Kier molecular flexibility index (Phi) is 3.46. The van der Waals surface area contributed by atoms with Crippen LogP contribution in [0.25, 0.3) is 0 Å². The molecule has 2 aromatic rings. The number of likely N-dealkylation sites (tertiary alicyclic amines) is 1. The molecule has 1 aromatic heterocycles. The second-order valence-corrected chi connectivity index (χ2v) is 4.95. The minimum atomic E-state index is 0.0315. The zero-order chi connectivity index (χ0) is 13.9. The largest absolute Gasteiger partial charge is 0.497 e. The van der Waals surface area contributed by atoms with Gasteiger partial charge in [0, 0.05) is 6.54 Å². The summed E-state index contributed by atoms with van der Waals surface area (Å²) in [7, 11) is 1.65. The Labute approximate surface area is 118 Å². The summed E-state index contributed by atoms with van der Waals surface area (Å²) in [5.74, 6) is 0.856. The highest BCUT2D eigenvalue weighted by Crippen LogP contribution is 2.34. The number of hydrogen-bond acceptors (Lipinski definition) is 3. The lowest BCUT2D eigenvalue weighted by atomic mass is 10.0. The van der Waals surface area contributed by atoms with Crippen LogP contribution < -0.4 is 4.74 Å². The van der Waals surface area contributed by atoms with Gasteiger partial charge in [0.2, 0.25) is 0 Å². The van der Waals surface area contributed by atoms with E-state index in [-0.39, 0.29) is 11.9 Å². The van der Waals surface area contributed by atoms with Gasteiger partial charge in [-0.2, -0.15) is 0 Å². The standard InChI is InChI=1S/C16H17NO3/c1-19-14-5-2-4-12(10-14)15-6-3-8-17(15)16(18)13-7-9-20-11-13/h2,4-5,7,9-11,15H,3,6,8H2,1H3/t15-/m0/s1. The molecular weight excluding hydrogens is 254 g/mol. The highest BCUT2D eigenvalue weighted by molar-refractivity contribution is 5.94. The Morgan fingerprint density at radius 3 is 3.05 bits per heavy atom. The molecule has 1 saturated heterocycles. The van der Waals surface area contributed by atoms with Crippen molar-refractivity contribution >= 4 is 5.91 Å². The van der Waals surface area contributed by atoms with Crippen molar-refractivity contribution in [3.8, 4) is 5.75 Å². The molecule has 0 aliphatic carbocycles. The fourth-order valence-electron chi connectivity index (χ4n) is 2.76. The third-order valence-electron chi connectivity index (χ3n) is 3.76. The van der Waals surface area contributed by atoms with E-state index in [0.29, 0.717) is 5.56 Å². The van der Waals surface area contributed by atoms with E-state index in [1.54, 1.807) is 13.2 Å². The second-order valence-electron chi connectivity index (χ2n) is 4.95. The van der Waals surface area contributed by atoms with E-state index in [9.17, 15) is 4.79 Å². The normalized spacial score (nSPS) is 18.2. The molecule has 1 aliphatic rings. The summed E-state index contributed by atoms with van der Waals surface area (Å²) in [5.41, 5.74) is 1.73. The number of amides is 1. The summed E-state index contributed by atoms with van der Waals surface area (Å²) in [6.45, 7) is 0.784. The maximum absolute atomic E-state index is 12.5. The molecule has 3 rings (SSSR count). The number of rotatable bonds is 3. The fourth-order valence-corrected chi connectivity index (χ4v) is 2.76. The van der Waals surface area contributed by atoms with Crippen molar-refractivity contribution in [3.05, 3.63) is 54.0 Å². The first kappa shape index (κ1) is 12.8. The molecule has 1 fully saturated rings. The fraction of sp³-hybridized carbons (Fsp3) is 0.312. The van der Waals surface area contributed by atoms with Gasteiger partial charge in [-0.05, 0) is 36.6 Å². The van der Waals surface area contributed by atoms with E-state index in [0.717, 1.165) is 30.7 Å². The van der Waals surface area contributed by atoms with Crippen molar-refractivity contribution in [1.29, 1.82) is 0 Å². The van der Waals surface area contributed by atoms with Crippen LogP contribution in [0, 0.1) is 0 Å². The molecule has 20 heavy (non-hydrogen) atoms. The van der Waals surface area contributed by atoms with Crippen molar-refractivity contribution in [2.24, 2.45) is 0 Å². The van der Waals surface area contributed by atoms with Gasteiger partial charge in [0.15, 0.2) is 0 Å². The Morgan fingerprint density at radius 2 is 2.30 bits per heavy atom. The SMILES string of the molecule is COc1cccc([C@@H]2CCCN2C(=O)c2ccoc2)c1. The lowest BCUT2D eigenvalue weighted by Crippen LogP contribution is -2.30. The Hall–Kier alpha value is -2.23. The van der Waals surface area contributed by atoms with Crippen molar-refractivity contribution in [1.82, 2.24) is 4.90 Å². The average molecular weight is 271 g/mol. The molecule has 4 heteroatoms. The van der Waals surface area contributed by atoms with E-state index in [1.807, 2.05) is 29.2 Å². The summed E-state index contributed by atoms with van der Waals surface area (Å²) >= 11 is 0. The second kappa shape index (κ2) is 5.41. The van der Waals surface area contributed by atoms with Crippen molar-refractivity contribution in [2.75, 3.05) is 13.7 Å². The van der Waals surface area contributed by atoms with Crippen LogP contribution in [0.2, 0.25) is 0 Å². The minimum absolute atomic E-state index is 0.0315. The summed E-state index contributed by atoms with van der Waals surface area (Å²) in [5, 5.41) is 0. The third-order valence-corrected chi connectivity index (χ3v) is 3.76. The van der Waals surface area contributed by atoms with Crippen LogP contribution >= 0.6 is 0 Å². The maximum atomic E-state index is 12.5. The molecule has 0 saturated carbocycles. The van der Waals surface area contributed by atoms with E-state index in [2.05, 4.69) is 0 Å². The van der Waals surface area contributed by atoms with Gasteiger partial charge in [-0.1, -0.05) is 12.1 Å². The minimum Gasteiger partial charge on any atom is -0.497 e. The molecule has 1 aromatic carbocycles. The molecule has 1 atom stereocenters. The van der Waals surface area contributed by atoms with Gasteiger partial charge < -0.3 is 14.1 Å². The molecule has 0 radical (unpaired) electrons. The monoisotopic (exact) mass is 271 g/mol. The summed E-state index contributed by atoms with van der Waals surface area (Å²) in [4.78, 5) is 14.4. The molecule has 104 valence electrons. The van der Waals surface area contributed by atoms with Crippen molar-refractivity contribution < 1.29 is 13.9 Å². The highest BCUT2D eigenvalue weighted by Gasteiger charge is 2.31. The van der Waals surface area contributed by atoms with E-state index >= 15 is 0 Å². The molecule has 4 nitrogen and oxygen atoms in total. The van der Waals surface area contributed by atoms with Crippen molar-refractivity contribution in [2.45, 2.75) is 18.9 Å². The van der Waals surface area contributed by atoms with Crippen LogP contribution in [0.1, 0.15) is 34.8 Å². The van der Waals surface area contributed by atoms with Crippen LogP contribution in [0.5, 0.6) is 5.75 Å². The van der Waals surface area contributed by atoms with Crippen molar-refractivity contribution in [3.63, 3.8) is 0 Å². The molecular formula is C16H17NO3. The summed E-state index contributed by atoms with van der Waals surface area (Å²) in [6, 6.07) is 9.77. The van der Waals surface area contributed by atoms with E-state index in [1.165, 1.54) is 12.5 Å². The lowest BCUT2D eigenvalue weighted by molar-refractivity contribution is 0.0734. The first-order valence-corrected chi connectivity index (χ1v) is 6.76. The van der Waals surface area contributed by atoms with Gasteiger partial charge in [-0.25, -0.2) is 0 Å². The van der Waals surface area contributed by atoms with Gasteiger partial charge in [-0.3, -0.25) is 4.79 Å². The zero-order valence-electron chi connectivity index (χ0n) is 11.4. The topological polar surface area (TPSA) is 42.7 Å². The Balaban J connectivity index is 1.86. The Bertz CT molecular complexity index is 592. The molecule has 0 unspecified atom stereocenters. The molecule has 0 spiro atoms. The number of hydrogen-bond donors (Lipinski definition) is 0. The highest BCUT2D eigenvalue weighted by atomic mass is 16.5. The summed E-state index contributed by atoms with van der Waals surface area (Å²) in [6.07, 6.45) is 5.04. The van der Waals surface area contributed by atoms with E-state index in [4.69, 9.17) is 9.15 Å². The summed E-state index contributed by atoms with van der Waals surface area (Å²) < 4.78 is 10.3. The van der Waals surface area contributed by atoms with Crippen LogP contribution in [-0.4, -0.2) is 24.5 Å². The average Bonchev–Trinajstić information content (AvgIpc) is 3.17. The Morgan fingerprint density at radius 1 is 1.40 bits per heavy atom. The van der Waals surface area contributed by atoms with Crippen LogP contribution in [0.3, 0.4) is 0 Å². The molecule has 0 N–H and O–H groups in total. The first-order chi connectivity index (χ1) is 9.79. The van der Waals surface area contributed by atoms with Gasteiger partial charge in [0.1, 0.15) is 12.0 Å². The molecule has 1 aliphatic heterocycles. The molecule has 0 bridgehead atoms. The van der Waals surface area contributed by atoms with Crippen LogP contribution in [0.4, 0.5) is 0 Å². The van der Waals surface area contributed by atoms with Gasteiger partial charge in [-0.15, -0.1) is 0 Å². The lowest BCUT2D eigenvalue weighted by Gasteiger charge is -2.25. The van der Waals surface area contributed by atoms with Gasteiger partial charge in [0.25, 0.3) is 5.91 Å². The number of ether oxygens (including phenoxy) is 1. The number of methoxy groups -OCH3 is 1. The van der Waals surface area contributed by atoms with Crippen LogP contribution in [-0.2, 0) is 0 Å². The first-order valence-electron chi connectivity index (χ1n) is 6.76. The smallest absolute Gasteiger partial charge is 0.257 e. The van der Waals surface area contributed by atoms with Gasteiger partial charge >= 0.3 is 0 Å². The zero-order valence-corrected chi connectivity index (χ0v) is 11.4. The molecule has 2 heterocycles. The maximum Gasteiger partial charge on any atom is 0.257 e. The number of benzene rings is 1. The predicted molar refractivity (Wildman–Crippen MR) is 74.7 cm³/mol. The van der Waals surface area contributed by atoms with Crippen LogP contribution in [0.15, 0.2) is 47.3 Å².